The molecule has 0 saturated heterocycles. The summed E-state index contributed by atoms with van der Waals surface area (Å²) in [6.07, 6.45) is 2.83. The summed E-state index contributed by atoms with van der Waals surface area (Å²) in [6, 6.07) is 0. The van der Waals surface area contributed by atoms with Gasteiger partial charge >= 0.3 is 0 Å². The van der Waals surface area contributed by atoms with E-state index in [0.29, 0.717) is 12.5 Å². The van der Waals surface area contributed by atoms with Crippen LogP contribution >= 0.6 is 11.6 Å². The Balaban J connectivity index is 2.79. The fourth-order valence-corrected chi connectivity index (χ4v) is 3.02. The molecule has 0 fully saturated rings. The minimum atomic E-state index is -0.762. The van der Waals surface area contributed by atoms with Crippen LogP contribution < -0.4 is 0 Å². The molecule has 0 aromatic heterocycles. The molecule has 0 spiro atoms. The Bertz CT molecular complexity index is 406. The van der Waals surface area contributed by atoms with Crippen molar-refractivity contribution < 1.29 is 14.3 Å². The fourth-order valence-electron chi connectivity index (χ4n) is 2.50. The molecule has 20 heavy (non-hydrogen) atoms. The molecule has 5 heteroatoms. The molecule has 0 aromatic carbocycles. The summed E-state index contributed by atoms with van der Waals surface area (Å²) >= 11 is 6.32. The quantitative estimate of drug-likeness (QED) is 0.328. The molecule has 2 amide bonds. The van der Waals surface area contributed by atoms with Crippen LogP contribution in [-0.2, 0) is 14.3 Å². The summed E-state index contributed by atoms with van der Waals surface area (Å²) in [5.74, 6) is -0.411. The highest BCUT2D eigenvalue weighted by molar-refractivity contribution is 6.33. The van der Waals surface area contributed by atoms with Gasteiger partial charge in [-0.05, 0) is 37.7 Å². The number of alkyl halides is 1. The van der Waals surface area contributed by atoms with Crippen molar-refractivity contribution in [1.82, 2.24) is 4.90 Å². The zero-order valence-electron chi connectivity index (χ0n) is 12.7. The molecule has 0 saturated carbocycles. The summed E-state index contributed by atoms with van der Waals surface area (Å²) < 4.78 is 5.30. The van der Waals surface area contributed by atoms with Crippen LogP contribution in [0.4, 0.5) is 0 Å². The van der Waals surface area contributed by atoms with Crippen LogP contribution in [0.25, 0.3) is 0 Å². The standard InChI is InChI=1S/C15H24ClNO3/c1-5-8-20-9-17(12(4)18)15(19)14(16)13-10(2)6-7-11(13)3/h10,14H,5-9H2,1-4H3. The van der Waals surface area contributed by atoms with E-state index in [1.54, 1.807) is 0 Å². The lowest BCUT2D eigenvalue weighted by atomic mass is 9.99. The van der Waals surface area contributed by atoms with Crippen molar-refractivity contribution in [3.63, 3.8) is 0 Å². The zero-order chi connectivity index (χ0) is 15.3. The van der Waals surface area contributed by atoms with Crippen molar-refractivity contribution in [2.45, 2.75) is 52.3 Å². The van der Waals surface area contributed by atoms with E-state index >= 15 is 0 Å². The highest BCUT2D eigenvalue weighted by Crippen LogP contribution is 2.36. The van der Waals surface area contributed by atoms with Gasteiger partial charge in [0.15, 0.2) is 0 Å². The third-order valence-corrected chi connectivity index (χ3v) is 4.10. The van der Waals surface area contributed by atoms with Gasteiger partial charge in [-0.3, -0.25) is 14.5 Å². The summed E-state index contributed by atoms with van der Waals surface area (Å²) in [7, 11) is 0. The van der Waals surface area contributed by atoms with Gasteiger partial charge < -0.3 is 4.74 Å². The fraction of sp³-hybridized carbons (Fsp3) is 0.733. The zero-order valence-corrected chi connectivity index (χ0v) is 13.5. The van der Waals surface area contributed by atoms with Gasteiger partial charge in [-0.2, -0.15) is 0 Å². The smallest absolute Gasteiger partial charge is 0.253 e. The first-order valence-corrected chi connectivity index (χ1v) is 7.57. The van der Waals surface area contributed by atoms with E-state index in [0.717, 1.165) is 29.7 Å². The highest BCUT2D eigenvalue weighted by atomic mass is 35.5. The molecule has 1 aliphatic carbocycles. The molecule has 0 aromatic rings. The maximum absolute atomic E-state index is 12.4. The Morgan fingerprint density at radius 2 is 2.15 bits per heavy atom. The largest absolute Gasteiger partial charge is 0.361 e. The van der Waals surface area contributed by atoms with Crippen LogP contribution in [-0.4, -0.2) is 35.4 Å². The molecule has 0 N–H and O–H groups in total. The van der Waals surface area contributed by atoms with Crippen molar-refractivity contribution >= 4 is 23.4 Å². The third kappa shape index (κ3) is 4.06. The number of carbonyl (C=O) groups is 2. The Hall–Kier alpha value is -0.870. The maximum atomic E-state index is 12.4. The van der Waals surface area contributed by atoms with Crippen LogP contribution in [0.3, 0.4) is 0 Å². The van der Waals surface area contributed by atoms with Gasteiger partial charge in [0.25, 0.3) is 5.91 Å². The van der Waals surface area contributed by atoms with Crippen molar-refractivity contribution in [2.24, 2.45) is 5.92 Å². The predicted octanol–water partition coefficient (Wildman–Crippen LogP) is 3.10. The molecule has 0 aliphatic heterocycles. The van der Waals surface area contributed by atoms with Crippen LogP contribution in [0.5, 0.6) is 0 Å². The number of ether oxygens (including phenoxy) is 1. The molecule has 2 atom stereocenters. The second kappa shape index (κ2) is 7.79. The van der Waals surface area contributed by atoms with E-state index in [9.17, 15) is 9.59 Å². The second-order valence-corrected chi connectivity index (χ2v) is 5.80. The van der Waals surface area contributed by atoms with Gasteiger partial charge in [-0.15, -0.1) is 11.6 Å². The van der Waals surface area contributed by atoms with Gasteiger partial charge in [0.2, 0.25) is 5.91 Å². The molecule has 0 radical (unpaired) electrons. The average Bonchev–Trinajstić information content (AvgIpc) is 2.72. The van der Waals surface area contributed by atoms with E-state index in [1.807, 2.05) is 13.8 Å². The van der Waals surface area contributed by atoms with Crippen molar-refractivity contribution in [1.29, 1.82) is 0 Å². The van der Waals surface area contributed by atoms with Gasteiger partial charge in [-0.1, -0.05) is 19.4 Å². The molecule has 114 valence electrons. The van der Waals surface area contributed by atoms with Gasteiger partial charge in [-0.25, -0.2) is 0 Å². The first-order valence-electron chi connectivity index (χ1n) is 7.13. The number of hydrogen-bond donors (Lipinski definition) is 0. The minimum Gasteiger partial charge on any atom is -0.361 e. The predicted molar refractivity (Wildman–Crippen MR) is 79.4 cm³/mol. The third-order valence-electron chi connectivity index (χ3n) is 3.68. The molecule has 2 unspecified atom stereocenters. The first-order chi connectivity index (χ1) is 9.40. The molecular formula is C15H24ClNO3. The van der Waals surface area contributed by atoms with Crippen molar-refractivity contribution in [3.8, 4) is 0 Å². The summed E-state index contributed by atoms with van der Waals surface area (Å²) in [5, 5.41) is -0.762. The molecular weight excluding hydrogens is 278 g/mol. The maximum Gasteiger partial charge on any atom is 0.253 e. The van der Waals surface area contributed by atoms with Crippen LogP contribution in [0.2, 0.25) is 0 Å². The number of imide groups is 1. The van der Waals surface area contributed by atoms with E-state index in [1.165, 1.54) is 12.5 Å². The lowest BCUT2D eigenvalue weighted by molar-refractivity contribution is -0.149. The molecule has 0 bridgehead atoms. The molecule has 1 aliphatic rings. The van der Waals surface area contributed by atoms with E-state index in [-0.39, 0.29) is 18.5 Å². The number of hydrogen-bond acceptors (Lipinski definition) is 3. The lowest BCUT2D eigenvalue weighted by Gasteiger charge is -2.24. The molecule has 1 rings (SSSR count). The Kier molecular flexibility index (Phi) is 6.69. The number of amides is 2. The minimum absolute atomic E-state index is 0.0219. The molecule has 0 heterocycles. The Morgan fingerprint density at radius 3 is 2.60 bits per heavy atom. The summed E-state index contributed by atoms with van der Waals surface area (Å²) in [4.78, 5) is 25.1. The number of allylic oxidation sites excluding steroid dienone is 1. The second-order valence-electron chi connectivity index (χ2n) is 5.36. The summed E-state index contributed by atoms with van der Waals surface area (Å²) in [6.45, 7) is 7.90. The summed E-state index contributed by atoms with van der Waals surface area (Å²) in [5.41, 5.74) is 2.14. The van der Waals surface area contributed by atoms with Gasteiger partial charge in [0, 0.05) is 13.5 Å². The first kappa shape index (κ1) is 17.2. The highest BCUT2D eigenvalue weighted by Gasteiger charge is 2.33. The van der Waals surface area contributed by atoms with Gasteiger partial charge in [0.1, 0.15) is 12.1 Å². The lowest BCUT2D eigenvalue weighted by Crippen LogP contribution is -2.42. The number of halogens is 1. The van der Waals surface area contributed by atoms with Crippen LogP contribution in [0, 0.1) is 5.92 Å². The van der Waals surface area contributed by atoms with Crippen molar-refractivity contribution in [3.05, 3.63) is 11.1 Å². The van der Waals surface area contributed by atoms with Gasteiger partial charge in [0.05, 0.1) is 0 Å². The Morgan fingerprint density at radius 1 is 1.50 bits per heavy atom. The average molecular weight is 302 g/mol. The van der Waals surface area contributed by atoms with Crippen LogP contribution in [0.15, 0.2) is 11.1 Å². The number of nitrogens with zero attached hydrogens (tertiary/aromatic N) is 1. The van der Waals surface area contributed by atoms with Crippen LogP contribution in [0.1, 0.15) is 47.0 Å². The monoisotopic (exact) mass is 301 g/mol. The molecule has 4 nitrogen and oxygen atoms in total. The van der Waals surface area contributed by atoms with Crippen molar-refractivity contribution in [2.75, 3.05) is 13.3 Å². The number of carbonyl (C=O) groups excluding carboxylic acids is 2. The number of rotatable bonds is 6. The van der Waals surface area contributed by atoms with E-state index in [4.69, 9.17) is 16.3 Å². The van der Waals surface area contributed by atoms with E-state index in [2.05, 4.69) is 6.92 Å². The Labute approximate surface area is 126 Å². The topological polar surface area (TPSA) is 46.6 Å². The SMILES string of the molecule is CCCOCN(C(C)=O)C(=O)C(Cl)C1=C(C)CCC1C. The van der Waals surface area contributed by atoms with E-state index < -0.39 is 5.38 Å². The normalized spacial score (nSPS) is 20.1.